The summed E-state index contributed by atoms with van der Waals surface area (Å²) in [6.07, 6.45) is 5.79. The number of thioether (sulfide) groups is 1. The van der Waals surface area contributed by atoms with Crippen LogP contribution < -0.4 is 0 Å². The van der Waals surface area contributed by atoms with Crippen molar-refractivity contribution in [3.63, 3.8) is 0 Å². The Morgan fingerprint density at radius 2 is 2.38 bits per heavy atom. The van der Waals surface area contributed by atoms with Crippen molar-refractivity contribution >= 4 is 33.3 Å². The second-order valence-corrected chi connectivity index (χ2v) is 6.11. The second kappa shape index (κ2) is 4.37. The van der Waals surface area contributed by atoms with E-state index in [1.165, 1.54) is 25.0 Å². The number of halogens is 1. The summed E-state index contributed by atoms with van der Waals surface area (Å²) in [6.45, 7) is 0. The molecule has 0 saturated carbocycles. The summed E-state index contributed by atoms with van der Waals surface area (Å²) in [6, 6.07) is 3.98. The third-order valence-corrected chi connectivity index (χ3v) is 4.79. The summed E-state index contributed by atoms with van der Waals surface area (Å²) in [7, 11) is 0. The van der Waals surface area contributed by atoms with Crippen molar-refractivity contribution in [3.8, 4) is 0 Å². The molecule has 5 heteroatoms. The molecule has 3 nitrogen and oxygen atoms in total. The number of rotatable bonds is 1. The molecule has 3 rings (SSSR count). The van der Waals surface area contributed by atoms with Gasteiger partial charge in [-0.2, -0.15) is 16.9 Å². The van der Waals surface area contributed by atoms with Crippen LogP contribution in [-0.2, 0) is 0 Å². The van der Waals surface area contributed by atoms with E-state index < -0.39 is 0 Å². The summed E-state index contributed by atoms with van der Waals surface area (Å²) >= 11 is 5.49. The molecule has 1 saturated heterocycles. The fourth-order valence-electron chi connectivity index (χ4n) is 1.97. The average molecular weight is 298 g/mol. The van der Waals surface area contributed by atoms with Gasteiger partial charge >= 0.3 is 0 Å². The first-order valence-electron chi connectivity index (χ1n) is 5.47. The number of fused-ring (bicyclic) bond motifs is 1. The Morgan fingerprint density at radius 1 is 1.44 bits per heavy atom. The third kappa shape index (κ3) is 1.86. The number of hydrogen-bond donors (Lipinski definition) is 0. The molecular formula is C11H12BrN3S. The van der Waals surface area contributed by atoms with E-state index in [9.17, 15) is 0 Å². The minimum Gasteiger partial charge on any atom is -0.220 e. The van der Waals surface area contributed by atoms with Crippen LogP contribution in [0.25, 0.3) is 5.65 Å². The van der Waals surface area contributed by atoms with Crippen molar-refractivity contribution in [2.75, 3.05) is 5.75 Å². The molecule has 0 spiro atoms. The molecule has 0 aliphatic carbocycles. The van der Waals surface area contributed by atoms with Gasteiger partial charge in [-0.3, -0.25) is 0 Å². The Labute approximate surface area is 107 Å². The molecule has 1 aliphatic heterocycles. The summed E-state index contributed by atoms with van der Waals surface area (Å²) in [4.78, 5) is 4.62. The first-order valence-corrected chi connectivity index (χ1v) is 7.31. The van der Waals surface area contributed by atoms with Gasteiger partial charge in [-0.25, -0.2) is 9.50 Å². The molecule has 2 aromatic rings. The van der Waals surface area contributed by atoms with E-state index in [-0.39, 0.29) is 0 Å². The van der Waals surface area contributed by atoms with E-state index in [0.717, 1.165) is 15.9 Å². The summed E-state index contributed by atoms with van der Waals surface area (Å²) < 4.78 is 2.86. The molecule has 16 heavy (non-hydrogen) atoms. The van der Waals surface area contributed by atoms with Gasteiger partial charge in [0, 0.05) is 6.20 Å². The van der Waals surface area contributed by atoms with Crippen LogP contribution in [0.5, 0.6) is 0 Å². The maximum absolute atomic E-state index is 4.62. The highest BCUT2D eigenvalue weighted by molar-refractivity contribution is 9.10. The van der Waals surface area contributed by atoms with Crippen molar-refractivity contribution in [3.05, 3.63) is 28.6 Å². The zero-order valence-electron chi connectivity index (χ0n) is 8.77. The van der Waals surface area contributed by atoms with Crippen LogP contribution >= 0.6 is 27.7 Å². The van der Waals surface area contributed by atoms with Gasteiger partial charge in [0.15, 0.2) is 11.5 Å². The van der Waals surface area contributed by atoms with E-state index in [0.29, 0.717) is 5.25 Å². The molecule has 0 radical (unpaired) electrons. The van der Waals surface area contributed by atoms with Crippen LogP contribution in [0.15, 0.2) is 22.8 Å². The third-order valence-electron chi connectivity index (χ3n) is 2.80. The number of aromatic nitrogens is 3. The predicted octanol–water partition coefficient (Wildman–Crippen LogP) is 3.45. The van der Waals surface area contributed by atoms with Gasteiger partial charge in [0.05, 0.1) is 9.72 Å². The Morgan fingerprint density at radius 3 is 3.12 bits per heavy atom. The van der Waals surface area contributed by atoms with Crippen LogP contribution in [0, 0.1) is 0 Å². The summed E-state index contributed by atoms with van der Waals surface area (Å²) in [5.74, 6) is 2.22. The molecule has 0 bridgehead atoms. The number of nitrogens with zero attached hydrogens (tertiary/aromatic N) is 3. The molecule has 0 amide bonds. The lowest BCUT2D eigenvalue weighted by atomic mass is 10.2. The van der Waals surface area contributed by atoms with Gasteiger partial charge in [-0.15, -0.1) is 0 Å². The van der Waals surface area contributed by atoms with Gasteiger partial charge in [0.1, 0.15) is 0 Å². The molecule has 0 aromatic carbocycles. The quantitative estimate of drug-likeness (QED) is 0.808. The lowest BCUT2D eigenvalue weighted by Crippen LogP contribution is -2.04. The molecule has 1 atom stereocenters. The predicted molar refractivity (Wildman–Crippen MR) is 69.7 cm³/mol. The highest BCUT2D eigenvalue weighted by atomic mass is 79.9. The molecular weight excluding hydrogens is 286 g/mol. The normalized spacial score (nSPS) is 21.4. The monoisotopic (exact) mass is 297 g/mol. The smallest absolute Gasteiger partial charge is 0.169 e. The SMILES string of the molecule is Brc1cccn2nc(C3CCCCS3)nc12. The zero-order valence-corrected chi connectivity index (χ0v) is 11.2. The lowest BCUT2D eigenvalue weighted by molar-refractivity contribution is 0.661. The largest absolute Gasteiger partial charge is 0.220 e. The highest BCUT2D eigenvalue weighted by Gasteiger charge is 2.20. The van der Waals surface area contributed by atoms with Crippen LogP contribution in [0.2, 0.25) is 0 Å². The minimum absolute atomic E-state index is 0.487. The maximum atomic E-state index is 4.62. The van der Waals surface area contributed by atoms with Crippen molar-refractivity contribution in [1.82, 2.24) is 14.6 Å². The van der Waals surface area contributed by atoms with Crippen LogP contribution in [0.4, 0.5) is 0 Å². The van der Waals surface area contributed by atoms with Gasteiger partial charge < -0.3 is 0 Å². The van der Waals surface area contributed by atoms with Crippen molar-refractivity contribution in [2.45, 2.75) is 24.5 Å². The zero-order chi connectivity index (χ0) is 11.0. The molecule has 0 N–H and O–H groups in total. The summed E-state index contributed by atoms with van der Waals surface area (Å²) in [5.41, 5.74) is 0.920. The standard InChI is InChI=1S/C11H12BrN3S/c12-8-4-3-6-15-11(8)13-10(14-15)9-5-1-2-7-16-9/h3-4,6,9H,1-2,5,7H2. The van der Waals surface area contributed by atoms with Crippen molar-refractivity contribution in [2.24, 2.45) is 0 Å². The topological polar surface area (TPSA) is 30.2 Å². The van der Waals surface area contributed by atoms with Gasteiger partial charge in [0.25, 0.3) is 0 Å². The molecule has 3 heterocycles. The Balaban J connectivity index is 2.01. The van der Waals surface area contributed by atoms with Crippen LogP contribution in [0.3, 0.4) is 0 Å². The minimum atomic E-state index is 0.487. The van der Waals surface area contributed by atoms with E-state index in [4.69, 9.17) is 0 Å². The number of pyridine rings is 1. The molecule has 1 aliphatic rings. The van der Waals surface area contributed by atoms with Crippen molar-refractivity contribution in [1.29, 1.82) is 0 Å². The fraction of sp³-hybridized carbons (Fsp3) is 0.455. The molecule has 2 aromatic heterocycles. The van der Waals surface area contributed by atoms with Crippen LogP contribution in [-0.4, -0.2) is 20.4 Å². The number of hydrogen-bond acceptors (Lipinski definition) is 3. The second-order valence-electron chi connectivity index (χ2n) is 3.95. The van der Waals surface area contributed by atoms with E-state index in [2.05, 4.69) is 26.0 Å². The Kier molecular flexibility index (Phi) is 2.90. The molecule has 84 valence electrons. The van der Waals surface area contributed by atoms with Crippen LogP contribution in [0.1, 0.15) is 30.3 Å². The Hall–Kier alpha value is -0.550. The maximum Gasteiger partial charge on any atom is 0.169 e. The van der Waals surface area contributed by atoms with Gasteiger partial charge in [-0.1, -0.05) is 6.42 Å². The van der Waals surface area contributed by atoms with E-state index in [1.54, 1.807) is 0 Å². The molecule has 1 unspecified atom stereocenters. The summed E-state index contributed by atoms with van der Waals surface area (Å²) in [5, 5.41) is 5.04. The first kappa shape index (κ1) is 10.6. The van der Waals surface area contributed by atoms with Crippen molar-refractivity contribution < 1.29 is 0 Å². The van der Waals surface area contributed by atoms with E-state index >= 15 is 0 Å². The van der Waals surface area contributed by atoms with Gasteiger partial charge in [-0.05, 0) is 46.7 Å². The average Bonchev–Trinajstić information content (AvgIpc) is 2.76. The fourth-order valence-corrected chi connectivity index (χ4v) is 3.63. The lowest BCUT2D eigenvalue weighted by Gasteiger charge is -2.17. The Bertz CT molecular complexity index is 505. The van der Waals surface area contributed by atoms with E-state index in [1.807, 2.05) is 34.6 Å². The molecule has 1 fully saturated rings. The first-order chi connectivity index (χ1) is 7.84. The van der Waals surface area contributed by atoms with Gasteiger partial charge in [0.2, 0.25) is 0 Å². The highest BCUT2D eigenvalue weighted by Crippen LogP contribution is 2.36.